The van der Waals surface area contributed by atoms with Crippen LogP contribution in [0.5, 0.6) is 11.5 Å². The fourth-order valence-electron chi connectivity index (χ4n) is 2.17. The quantitative estimate of drug-likeness (QED) is 0.828. The van der Waals surface area contributed by atoms with E-state index in [9.17, 15) is 9.59 Å². The Morgan fingerprint density at radius 2 is 1.67 bits per heavy atom. The molecule has 6 heteroatoms. The van der Waals surface area contributed by atoms with Crippen LogP contribution < -0.4 is 19.7 Å². The van der Waals surface area contributed by atoms with Crippen molar-refractivity contribution in [3.05, 3.63) is 48.5 Å². The van der Waals surface area contributed by atoms with Crippen LogP contribution in [0.15, 0.2) is 48.5 Å². The second-order valence-electron chi connectivity index (χ2n) is 5.08. The number of para-hydroxylation sites is 1. The third-order valence-electron chi connectivity index (χ3n) is 3.50. The van der Waals surface area contributed by atoms with Gasteiger partial charge in [0.05, 0.1) is 14.2 Å². The van der Waals surface area contributed by atoms with E-state index in [4.69, 9.17) is 9.47 Å². The molecule has 0 heterocycles. The Balaban J connectivity index is 1.99. The number of amides is 2. The molecule has 1 N–H and O–H groups in total. The molecule has 0 aliphatic carbocycles. The molecule has 6 nitrogen and oxygen atoms in total. The van der Waals surface area contributed by atoms with Crippen LogP contribution in [0, 0.1) is 0 Å². The summed E-state index contributed by atoms with van der Waals surface area (Å²) in [5.74, 6) is 0.382. The summed E-state index contributed by atoms with van der Waals surface area (Å²) in [7, 11) is 4.69. The van der Waals surface area contributed by atoms with Gasteiger partial charge >= 0.3 is 0 Å². The van der Waals surface area contributed by atoms with Crippen molar-refractivity contribution in [1.82, 2.24) is 0 Å². The fourth-order valence-corrected chi connectivity index (χ4v) is 2.17. The van der Waals surface area contributed by atoms with E-state index in [0.29, 0.717) is 17.2 Å². The van der Waals surface area contributed by atoms with E-state index in [0.717, 1.165) is 5.69 Å². The van der Waals surface area contributed by atoms with Gasteiger partial charge in [0.1, 0.15) is 6.42 Å². The van der Waals surface area contributed by atoms with Gasteiger partial charge in [-0.3, -0.25) is 9.59 Å². The van der Waals surface area contributed by atoms with Crippen molar-refractivity contribution in [2.45, 2.75) is 6.42 Å². The molecule has 0 spiro atoms. The van der Waals surface area contributed by atoms with Crippen LogP contribution in [-0.2, 0) is 9.59 Å². The molecule has 2 rings (SSSR count). The van der Waals surface area contributed by atoms with E-state index in [2.05, 4.69) is 5.32 Å². The molecule has 0 aliphatic rings. The molecule has 0 radical (unpaired) electrons. The number of hydrogen-bond donors (Lipinski definition) is 1. The summed E-state index contributed by atoms with van der Waals surface area (Å²) in [6.07, 6.45) is -0.250. The van der Waals surface area contributed by atoms with Crippen LogP contribution >= 0.6 is 0 Å². The van der Waals surface area contributed by atoms with Crippen molar-refractivity contribution in [3.8, 4) is 11.5 Å². The summed E-state index contributed by atoms with van der Waals surface area (Å²) in [6, 6.07) is 14.2. The van der Waals surface area contributed by atoms with Crippen molar-refractivity contribution >= 4 is 23.2 Å². The summed E-state index contributed by atoms with van der Waals surface area (Å²) in [5, 5.41) is 2.68. The molecular weight excluding hydrogens is 308 g/mol. The predicted octanol–water partition coefficient (Wildman–Crippen LogP) is 2.70. The van der Waals surface area contributed by atoms with E-state index < -0.39 is 5.91 Å². The zero-order chi connectivity index (χ0) is 17.5. The van der Waals surface area contributed by atoms with Crippen molar-refractivity contribution in [2.75, 3.05) is 31.5 Å². The van der Waals surface area contributed by atoms with Gasteiger partial charge in [-0.15, -0.1) is 0 Å². The third kappa shape index (κ3) is 4.25. The van der Waals surface area contributed by atoms with Crippen molar-refractivity contribution in [3.63, 3.8) is 0 Å². The van der Waals surface area contributed by atoms with Gasteiger partial charge in [0, 0.05) is 24.5 Å². The van der Waals surface area contributed by atoms with Crippen LogP contribution in [0.1, 0.15) is 6.42 Å². The highest BCUT2D eigenvalue weighted by atomic mass is 16.5. The van der Waals surface area contributed by atoms with Gasteiger partial charge in [0.15, 0.2) is 11.5 Å². The monoisotopic (exact) mass is 328 g/mol. The van der Waals surface area contributed by atoms with Crippen molar-refractivity contribution in [2.24, 2.45) is 0 Å². The minimum Gasteiger partial charge on any atom is -0.493 e. The SMILES string of the molecule is COc1ccc(NC(=O)CC(=O)N(C)c2ccccc2)cc1OC. The molecule has 0 aromatic heterocycles. The average Bonchev–Trinajstić information content (AvgIpc) is 2.61. The lowest BCUT2D eigenvalue weighted by atomic mass is 10.2. The van der Waals surface area contributed by atoms with Gasteiger partial charge in [0.25, 0.3) is 0 Å². The first-order valence-corrected chi connectivity index (χ1v) is 7.38. The summed E-state index contributed by atoms with van der Waals surface area (Å²) in [6.45, 7) is 0. The molecular formula is C18H20N2O4. The number of hydrogen-bond acceptors (Lipinski definition) is 4. The van der Waals surface area contributed by atoms with Crippen LogP contribution in [-0.4, -0.2) is 33.1 Å². The Hall–Kier alpha value is -3.02. The first-order valence-electron chi connectivity index (χ1n) is 7.38. The lowest BCUT2D eigenvalue weighted by Gasteiger charge is -2.17. The maximum Gasteiger partial charge on any atom is 0.236 e. The van der Waals surface area contributed by atoms with E-state index >= 15 is 0 Å². The average molecular weight is 328 g/mol. The number of nitrogens with one attached hydrogen (secondary N) is 1. The van der Waals surface area contributed by atoms with Gasteiger partial charge in [-0.2, -0.15) is 0 Å². The number of rotatable bonds is 6. The maximum absolute atomic E-state index is 12.2. The molecule has 24 heavy (non-hydrogen) atoms. The van der Waals surface area contributed by atoms with Crippen molar-refractivity contribution < 1.29 is 19.1 Å². The number of carbonyl (C=O) groups excluding carboxylic acids is 2. The largest absolute Gasteiger partial charge is 0.493 e. The van der Waals surface area contributed by atoms with Crippen LogP contribution in [0.25, 0.3) is 0 Å². The van der Waals surface area contributed by atoms with Crippen LogP contribution in [0.3, 0.4) is 0 Å². The van der Waals surface area contributed by atoms with Crippen LogP contribution in [0.4, 0.5) is 11.4 Å². The van der Waals surface area contributed by atoms with Gasteiger partial charge in [-0.25, -0.2) is 0 Å². The second kappa shape index (κ2) is 8.01. The van der Waals surface area contributed by atoms with E-state index in [1.807, 2.05) is 30.3 Å². The topological polar surface area (TPSA) is 67.9 Å². The maximum atomic E-state index is 12.2. The molecule has 0 saturated carbocycles. The molecule has 0 fully saturated rings. The molecule has 2 aromatic rings. The molecule has 0 unspecified atom stereocenters. The highest BCUT2D eigenvalue weighted by Gasteiger charge is 2.16. The standard InChI is InChI=1S/C18H20N2O4/c1-20(14-7-5-4-6-8-14)18(22)12-17(21)19-13-9-10-15(23-2)16(11-13)24-3/h4-11H,12H2,1-3H3,(H,19,21). The highest BCUT2D eigenvalue weighted by molar-refractivity contribution is 6.08. The zero-order valence-corrected chi connectivity index (χ0v) is 13.9. The van der Waals surface area contributed by atoms with E-state index in [1.165, 1.54) is 19.1 Å². The summed E-state index contributed by atoms with van der Waals surface area (Å²) in [4.78, 5) is 25.7. The zero-order valence-electron chi connectivity index (χ0n) is 13.9. The lowest BCUT2D eigenvalue weighted by Crippen LogP contribution is -2.30. The van der Waals surface area contributed by atoms with Crippen molar-refractivity contribution in [1.29, 1.82) is 0 Å². The number of carbonyl (C=O) groups is 2. The molecule has 126 valence electrons. The third-order valence-corrected chi connectivity index (χ3v) is 3.50. The highest BCUT2D eigenvalue weighted by Crippen LogP contribution is 2.29. The number of anilines is 2. The predicted molar refractivity (Wildman–Crippen MR) is 92.6 cm³/mol. The number of benzene rings is 2. The number of nitrogens with zero attached hydrogens (tertiary/aromatic N) is 1. The van der Waals surface area contributed by atoms with Gasteiger partial charge in [0.2, 0.25) is 11.8 Å². The summed E-state index contributed by atoms with van der Waals surface area (Å²) in [5.41, 5.74) is 1.27. The Labute approximate surface area is 141 Å². The minimum atomic E-state index is -0.394. The first kappa shape index (κ1) is 17.3. The number of ether oxygens (including phenoxy) is 2. The normalized spacial score (nSPS) is 9.96. The summed E-state index contributed by atoms with van der Waals surface area (Å²) < 4.78 is 10.3. The van der Waals surface area contributed by atoms with E-state index in [-0.39, 0.29) is 12.3 Å². The molecule has 0 saturated heterocycles. The molecule has 2 amide bonds. The molecule has 2 aromatic carbocycles. The van der Waals surface area contributed by atoms with Gasteiger partial charge in [-0.1, -0.05) is 18.2 Å². The lowest BCUT2D eigenvalue weighted by molar-refractivity contribution is -0.125. The Morgan fingerprint density at radius 3 is 2.29 bits per heavy atom. The Kier molecular flexibility index (Phi) is 5.78. The number of methoxy groups -OCH3 is 2. The molecule has 0 bridgehead atoms. The second-order valence-corrected chi connectivity index (χ2v) is 5.08. The smallest absolute Gasteiger partial charge is 0.236 e. The molecule has 0 aliphatic heterocycles. The fraction of sp³-hybridized carbons (Fsp3) is 0.222. The van der Waals surface area contributed by atoms with Crippen LogP contribution in [0.2, 0.25) is 0 Å². The Morgan fingerprint density at radius 1 is 1.00 bits per heavy atom. The van der Waals surface area contributed by atoms with Gasteiger partial charge in [-0.05, 0) is 24.3 Å². The first-order chi connectivity index (χ1) is 11.5. The Bertz CT molecular complexity index is 716. The molecule has 0 atom stereocenters. The van der Waals surface area contributed by atoms with E-state index in [1.54, 1.807) is 25.2 Å². The van der Waals surface area contributed by atoms with Gasteiger partial charge < -0.3 is 19.7 Å². The summed E-state index contributed by atoms with van der Waals surface area (Å²) >= 11 is 0. The minimum absolute atomic E-state index is 0.250.